The van der Waals surface area contributed by atoms with Gasteiger partial charge in [0, 0.05) is 30.6 Å². The molecule has 0 aliphatic rings. The molecular weight excluding hydrogens is 1080 g/mol. The van der Waals surface area contributed by atoms with E-state index >= 15 is 0 Å². The molecule has 0 saturated carbocycles. The molecular formula is C42H31Cl5F6N8O7S2. The predicted octanol–water partition coefficient (Wildman–Crippen LogP) is 13.0. The quantitative estimate of drug-likeness (QED) is 0.0369. The zero-order valence-corrected chi connectivity index (χ0v) is 41.0. The molecule has 2 heterocycles. The Labute approximate surface area is 420 Å². The van der Waals surface area contributed by atoms with Gasteiger partial charge in [-0.2, -0.15) is 31.9 Å². The molecule has 0 aliphatic heterocycles. The van der Waals surface area contributed by atoms with E-state index in [0.29, 0.717) is 27.6 Å². The van der Waals surface area contributed by atoms with E-state index in [0.717, 1.165) is 24.3 Å². The van der Waals surface area contributed by atoms with Crippen LogP contribution in [-0.2, 0) is 37.1 Å². The molecule has 6 aromatic rings. The number of nitrogens with one attached hydrogen (secondary N) is 2. The number of aromatic nitrogens is 2. The van der Waals surface area contributed by atoms with Crippen LogP contribution in [0.2, 0.25) is 20.1 Å². The molecule has 0 aliphatic carbocycles. The van der Waals surface area contributed by atoms with Crippen molar-refractivity contribution in [2.24, 2.45) is 15.1 Å². The van der Waals surface area contributed by atoms with Gasteiger partial charge in [-0.15, -0.1) is 0 Å². The SMILES string of the molecule is COCN(c1cc(C)cnc1C(=O)c1ccccc1Cl)S(=O)(=O)c1ccc(Cl)c(C(F)(F)F)c1.Cc1cnc(C(=O)c2ccccc2Cl)c(NS(=O)(=O)c2ccc(Cl)c(C(F)(F)F)c2)c1.N=NN=NCl. The Morgan fingerprint density at radius 1 is 0.686 bits per heavy atom. The Bertz CT molecular complexity index is 3190. The van der Waals surface area contributed by atoms with E-state index < -0.39 is 81.7 Å². The number of benzene rings is 4. The van der Waals surface area contributed by atoms with Crippen molar-refractivity contribution in [2.75, 3.05) is 22.9 Å². The molecule has 2 aromatic heterocycles. The molecule has 28 heteroatoms. The molecule has 15 nitrogen and oxygen atoms in total. The first-order valence-electron chi connectivity index (χ1n) is 18.9. The Balaban J connectivity index is 0.000000279. The average Bonchev–Trinajstić information content (AvgIpc) is 3.28. The number of anilines is 2. The van der Waals surface area contributed by atoms with Crippen molar-refractivity contribution >= 4 is 101 Å². The number of carbonyl (C=O) groups is 2. The lowest BCUT2D eigenvalue weighted by Crippen LogP contribution is -2.34. The van der Waals surface area contributed by atoms with Gasteiger partial charge in [0.05, 0.1) is 64.2 Å². The highest BCUT2D eigenvalue weighted by Crippen LogP contribution is 2.39. The number of carbonyl (C=O) groups excluding carboxylic acids is 2. The molecule has 0 amide bonds. The molecule has 0 atom stereocenters. The summed E-state index contributed by atoms with van der Waals surface area (Å²) >= 11 is 27.9. The van der Waals surface area contributed by atoms with E-state index in [2.05, 4.69) is 41.5 Å². The van der Waals surface area contributed by atoms with Crippen molar-refractivity contribution in [2.45, 2.75) is 36.0 Å². The molecule has 6 rings (SSSR count). The largest absolute Gasteiger partial charge is 0.417 e. The van der Waals surface area contributed by atoms with E-state index in [9.17, 15) is 52.8 Å². The van der Waals surface area contributed by atoms with Crippen LogP contribution in [0.1, 0.15) is 54.4 Å². The summed E-state index contributed by atoms with van der Waals surface area (Å²) < 4.78 is 142. The maximum atomic E-state index is 13.5. The summed E-state index contributed by atoms with van der Waals surface area (Å²) in [5.74, 6) is -1.33. The lowest BCUT2D eigenvalue weighted by molar-refractivity contribution is -0.138. The summed E-state index contributed by atoms with van der Waals surface area (Å²) in [6.45, 7) is 2.61. The van der Waals surface area contributed by atoms with Crippen LogP contribution in [0.5, 0.6) is 0 Å². The molecule has 0 saturated heterocycles. The van der Waals surface area contributed by atoms with Crippen LogP contribution >= 0.6 is 58.2 Å². The summed E-state index contributed by atoms with van der Waals surface area (Å²) in [6.07, 6.45) is -7.02. The third-order valence-corrected chi connectivity index (χ3v) is 13.4. The molecule has 0 spiro atoms. The molecule has 370 valence electrons. The minimum absolute atomic E-state index is 0.0717. The van der Waals surface area contributed by atoms with Crippen LogP contribution in [0.4, 0.5) is 37.7 Å². The predicted molar refractivity (Wildman–Crippen MR) is 249 cm³/mol. The minimum atomic E-state index is -4.88. The number of halogens is 11. The lowest BCUT2D eigenvalue weighted by Gasteiger charge is -2.26. The van der Waals surface area contributed by atoms with Gasteiger partial charge in [0.15, 0.2) is 0 Å². The van der Waals surface area contributed by atoms with Crippen molar-refractivity contribution in [1.29, 1.82) is 5.53 Å². The van der Waals surface area contributed by atoms with Crippen molar-refractivity contribution in [3.63, 3.8) is 0 Å². The molecule has 0 unspecified atom stereocenters. The summed E-state index contributed by atoms with van der Waals surface area (Å²) in [7, 11) is -7.97. The van der Waals surface area contributed by atoms with E-state index in [-0.39, 0.29) is 43.9 Å². The standard InChI is InChI=1S/C22H17Cl2F3N2O4S.C20H13Cl2F3N2O3S.ClHN4/c1-13-9-19(20(28-11-13)21(30)15-5-3-4-6-17(15)23)29(12-33-2)34(31,32)14-7-8-18(24)16(10-14)22(25,26)27;1-11-8-17(18(26-10-11)19(28)13-4-2-3-5-15(13)21)27-31(29,30)12-6-7-16(22)14(9-12)20(23,24)25;1-3-5-4-2/h3-11H,12H2,1-2H3;2-10,27H,1H3;2H. The fraction of sp³-hybridized carbons (Fsp3) is 0.143. The monoisotopic (exact) mass is 1110 g/mol. The van der Waals surface area contributed by atoms with E-state index in [4.69, 9.17) is 56.7 Å². The minimum Gasteiger partial charge on any atom is -0.363 e. The zero-order chi connectivity index (χ0) is 52.4. The molecule has 70 heavy (non-hydrogen) atoms. The van der Waals surface area contributed by atoms with Gasteiger partial charge in [-0.25, -0.2) is 21.1 Å². The Morgan fingerprint density at radius 2 is 1.14 bits per heavy atom. The fourth-order valence-corrected chi connectivity index (χ4v) is 9.21. The smallest absolute Gasteiger partial charge is 0.363 e. The molecule has 0 radical (unpaired) electrons. The zero-order valence-electron chi connectivity index (χ0n) is 35.6. The summed E-state index contributed by atoms with van der Waals surface area (Å²) in [6, 6.07) is 19.3. The highest BCUT2D eigenvalue weighted by Gasteiger charge is 2.37. The third-order valence-electron chi connectivity index (χ3n) is 8.92. The number of pyridine rings is 2. The average molecular weight is 1120 g/mol. The summed E-state index contributed by atoms with van der Waals surface area (Å²) in [5.41, 5.74) is 3.52. The molecule has 0 bridgehead atoms. The van der Waals surface area contributed by atoms with E-state index in [1.165, 1.54) is 55.9 Å². The van der Waals surface area contributed by atoms with Crippen LogP contribution in [-0.4, -0.2) is 52.2 Å². The number of sulfonamides is 2. The summed E-state index contributed by atoms with van der Waals surface area (Å²) in [5, 5.41) is 4.04. The second kappa shape index (κ2) is 23.9. The number of aryl methyl sites for hydroxylation is 2. The number of ether oxygens (including phenoxy) is 1. The third kappa shape index (κ3) is 14.2. The van der Waals surface area contributed by atoms with Gasteiger partial charge >= 0.3 is 12.4 Å². The van der Waals surface area contributed by atoms with Gasteiger partial charge in [-0.1, -0.05) is 75.3 Å². The molecule has 2 N–H and O–H groups in total. The topological polar surface area (TPSA) is 214 Å². The van der Waals surface area contributed by atoms with Gasteiger partial charge in [0.1, 0.15) is 18.1 Å². The molecule has 4 aromatic carbocycles. The van der Waals surface area contributed by atoms with Crippen LogP contribution in [0, 0.1) is 19.4 Å². The maximum Gasteiger partial charge on any atom is 0.417 e. The number of ketones is 2. The highest BCUT2D eigenvalue weighted by molar-refractivity contribution is 7.93. The second-order valence-corrected chi connectivity index (χ2v) is 19.2. The first-order chi connectivity index (χ1) is 32.7. The summed E-state index contributed by atoms with van der Waals surface area (Å²) in [4.78, 5) is 32.9. The Hall–Kier alpha value is -5.79. The van der Waals surface area contributed by atoms with Crippen LogP contribution in [0.3, 0.4) is 0 Å². The van der Waals surface area contributed by atoms with E-state index in [1.54, 1.807) is 38.1 Å². The maximum absolute atomic E-state index is 13.5. The van der Waals surface area contributed by atoms with Crippen molar-refractivity contribution in [3.8, 4) is 0 Å². The van der Waals surface area contributed by atoms with Crippen molar-refractivity contribution in [1.82, 2.24) is 9.97 Å². The number of methoxy groups -OCH3 is 1. The number of rotatable bonds is 13. The second-order valence-electron chi connectivity index (χ2n) is 13.8. The normalized spacial score (nSPS) is 11.7. The number of nitrogens with zero attached hydrogens (tertiary/aromatic N) is 6. The number of hydrogen-bond acceptors (Lipinski definition) is 11. The van der Waals surface area contributed by atoms with Crippen LogP contribution in [0.25, 0.3) is 0 Å². The molecule has 0 fully saturated rings. The van der Waals surface area contributed by atoms with Crippen LogP contribution < -0.4 is 9.03 Å². The van der Waals surface area contributed by atoms with Gasteiger partial charge in [-0.05, 0) is 108 Å². The first kappa shape index (κ1) is 56.8. The van der Waals surface area contributed by atoms with Gasteiger partial charge < -0.3 is 4.74 Å². The fourth-order valence-electron chi connectivity index (χ4n) is 5.80. The highest BCUT2D eigenvalue weighted by atomic mass is 35.5. The van der Waals surface area contributed by atoms with Crippen LogP contribution in [0.15, 0.2) is 134 Å². The van der Waals surface area contributed by atoms with Crippen molar-refractivity contribution in [3.05, 3.63) is 174 Å². The van der Waals surface area contributed by atoms with Crippen molar-refractivity contribution < 1.29 is 57.5 Å². The lowest BCUT2D eigenvalue weighted by atomic mass is 10.1. The van der Waals surface area contributed by atoms with Gasteiger partial charge in [0.25, 0.3) is 20.0 Å². The van der Waals surface area contributed by atoms with Gasteiger partial charge in [-0.3, -0.25) is 24.3 Å². The number of alkyl halides is 6. The number of hydrogen-bond donors (Lipinski definition) is 2. The Morgan fingerprint density at radius 3 is 1.60 bits per heavy atom. The van der Waals surface area contributed by atoms with Gasteiger partial charge in [0.2, 0.25) is 11.6 Å². The van der Waals surface area contributed by atoms with E-state index in [1.807, 2.05) is 0 Å². The Kier molecular flexibility index (Phi) is 19.4. The first-order valence-corrected chi connectivity index (χ1v) is 23.6.